The second-order valence-corrected chi connectivity index (χ2v) is 4.61. The van der Waals surface area contributed by atoms with E-state index in [2.05, 4.69) is 20.1 Å². The van der Waals surface area contributed by atoms with Gasteiger partial charge in [0, 0.05) is 49.4 Å². The molecule has 0 spiro atoms. The van der Waals surface area contributed by atoms with Gasteiger partial charge in [-0.25, -0.2) is 0 Å². The molecule has 5 nitrogen and oxygen atoms in total. The highest BCUT2D eigenvalue weighted by Crippen LogP contribution is 2.23. The number of hydrogen-bond donors (Lipinski definition) is 2. The number of aromatic amines is 1. The molecule has 0 aromatic carbocycles. The van der Waals surface area contributed by atoms with Gasteiger partial charge in [0.15, 0.2) is 0 Å². The minimum Gasteiger partial charge on any atom is -0.329 e. The third kappa shape index (κ3) is 3.07. The summed E-state index contributed by atoms with van der Waals surface area (Å²) in [7, 11) is 2.03. The summed E-state index contributed by atoms with van der Waals surface area (Å²) in [6, 6.07) is 1.86. The first-order valence-electron chi connectivity index (χ1n) is 5.73. The van der Waals surface area contributed by atoms with Crippen molar-refractivity contribution < 1.29 is 0 Å². The number of pyridine rings is 1. The number of rotatable bonds is 5. The Kier molecular flexibility index (Phi) is 4.30. The average molecular weight is 266 g/mol. The van der Waals surface area contributed by atoms with Gasteiger partial charge in [0.25, 0.3) is 0 Å². The van der Waals surface area contributed by atoms with E-state index in [0.717, 1.165) is 29.9 Å². The van der Waals surface area contributed by atoms with Crippen LogP contribution in [0.4, 0.5) is 0 Å². The Labute approximate surface area is 111 Å². The largest absolute Gasteiger partial charge is 0.329 e. The molecule has 3 N–H and O–H groups in total. The summed E-state index contributed by atoms with van der Waals surface area (Å²) in [4.78, 5) is 6.22. The molecule has 0 atom stereocenters. The predicted molar refractivity (Wildman–Crippen MR) is 72.2 cm³/mol. The zero-order valence-electron chi connectivity index (χ0n) is 10.2. The van der Waals surface area contributed by atoms with Gasteiger partial charge in [-0.15, -0.1) is 0 Å². The lowest BCUT2D eigenvalue weighted by Crippen LogP contribution is -2.25. The number of H-pyrrole nitrogens is 1. The molecule has 0 unspecified atom stereocenters. The molecule has 0 saturated heterocycles. The van der Waals surface area contributed by atoms with E-state index in [0.29, 0.717) is 11.6 Å². The summed E-state index contributed by atoms with van der Waals surface area (Å²) >= 11 is 5.94. The molecule has 2 rings (SSSR count). The Hall–Kier alpha value is -1.43. The van der Waals surface area contributed by atoms with Gasteiger partial charge in [0.1, 0.15) is 0 Å². The number of nitrogens with two attached hydrogens (primary N) is 1. The molecule has 0 saturated carbocycles. The molecule has 0 fully saturated rings. The van der Waals surface area contributed by atoms with E-state index < -0.39 is 0 Å². The van der Waals surface area contributed by atoms with E-state index in [-0.39, 0.29) is 0 Å². The van der Waals surface area contributed by atoms with Crippen LogP contribution < -0.4 is 5.73 Å². The molecule has 0 aliphatic heterocycles. The van der Waals surface area contributed by atoms with Crippen LogP contribution in [0.25, 0.3) is 11.3 Å². The Morgan fingerprint density at radius 1 is 1.44 bits per heavy atom. The summed E-state index contributed by atoms with van der Waals surface area (Å²) in [5.74, 6) is 0. The Morgan fingerprint density at radius 3 is 3.00 bits per heavy atom. The third-order valence-electron chi connectivity index (χ3n) is 2.65. The fraction of sp³-hybridized carbons (Fsp3) is 0.333. The topological polar surface area (TPSA) is 70.8 Å². The van der Waals surface area contributed by atoms with Crippen molar-refractivity contribution in [2.75, 3.05) is 20.1 Å². The van der Waals surface area contributed by atoms with Gasteiger partial charge >= 0.3 is 0 Å². The molecular weight excluding hydrogens is 250 g/mol. The van der Waals surface area contributed by atoms with Crippen LogP contribution in [-0.2, 0) is 6.54 Å². The van der Waals surface area contributed by atoms with Gasteiger partial charge in [-0.2, -0.15) is 5.10 Å². The van der Waals surface area contributed by atoms with Crippen LogP contribution in [0.2, 0.25) is 5.02 Å². The van der Waals surface area contributed by atoms with Crippen LogP contribution in [0.3, 0.4) is 0 Å². The Balaban J connectivity index is 2.22. The van der Waals surface area contributed by atoms with E-state index in [1.807, 2.05) is 19.3 Å². The van der Waals surface area contributed by atoms with Crippen molar-refractivity contribution in [2.45, 2.75) is 6.54 Å². The van der Waals surface area contributed by atoms with Crippen molar-refractivity contribution in [2.24, 2.45) is 5.73 Å². The monoisotopic (exact) mass is 265 g/mol. The van der Waals surface area contributed by atoms with Gasteiger partial charge in [-0.3, -0.25) is 10.1 Å². The fourth-order valence-electron chi connectivity index (χ4n) is 1.82. The van der Waals surface area contributed by atoms with Crippen LogP contribution in [-0.4, -0.2) is 40.2 Å². The lowest BCUT2D eigenvalue weighted by atomic mass is 10.1. The summed E-state index contributed by atoms with van der Waals surface area (Å²) in [6.07, 6.45) is 5.26. The van der Waals surface area contributed by atoms with Crippen LogP contribution in [0.15, 0.2) is 24.7 Å². The molecule has 0 aliphatic carbocycles. The molecule has 2 aromatic rings. The molecule has 2 aromatic heterocycles. The number of hydrogen-bond acceptors (Lipinski definition) is 4. The number of nitrogens with one attached hydrogen (secondary N) is 1. The quantitative estimate of drug-likeness (QED) is 0.860. The van der Waals surface area contributed by atoms with Gasteiger partial charge in [-0.1, -0.05) is 11.6 Å². The van der Waals surface area contributed by atoms with Gasteiger partial charge in [0.2, 0.25) is 0 Å². The van der Waals surface area contributed by atoms with E-state index in [1.54, 1.807) is 12.4 Å². The van der Waals surface area contributed by atoms with Crippen LogP contribution in [0.5, 0.6) is 0 Å². The van der Waals surface area contributed by atoms with E-state index in [1.165, 1.54) is 0 Å². The van der Waals surface area contributed by atoms with Crippen molar-refractivity contribution in [1.82, 2.24) is 20.1 Å². The number of halogens is 1. The minimum atomic E-state index is 0.608. The molecular formula is C12H16ClN5. The molecule has 96 valence electrons. The van der Waals surface area contributed by atoms with Crippen LogP contribution in [0.1, 0.15) is 5.56 Å². The highest BCUT2D eigenvalue weighted by molar-refractivity contribution is 6.30. The lowest BCUT2D eigenvalue weighted by Gasteiger charge is -2.14. The smallest absolute Gasteiger partial charge is 0.0981 e. The minimum absolute atomic E-state index is 0.608. The van der Waals surface area contributed by atoms with Crippen molar-refractivity contribution in [1.29, 1.82) is 0 Å². The van der Waals surface area contributed by atoms with Crippen LogP contribution >= 0.6 is 11.6 Å². The first-order chi connectivity index (χ1) is 8.70. The Bertz CT molecular complexity index is 511. The number of aromatic nitrogens is 3. The first-order valence-corrected chi connectivity index (χ1v) is 6.10. The average Bonchev–Trinajstić information content (AvgIpc) is 2.77. The van der Waals surface area contributed by atoms with Crippen LogP contribution in [0, 0.1) is 0 Å². The first kappa shape index (κ1) is 13.0. The molecule has 0 amide bonds. The van der Waals surface area contributed by atoms with Gasteiger partial charge in [-0.05, 0) is 13.1 Å². The SMILES string of the molecule is CN(CCN)Cc1c[nH]nc1-c1cncc(Cl)c1. The lowest BCUT2D eigenvalue weighted by molar-refractivity contribution is 0.337. The zero-order chi connectivity index (χ0) is 13.0. The number of likely N-dealkylation sites (N-methyl/N-ethyl adjacent to an activating group) is 1. The Morgan fingerprint density at radius 2 is 2.28 bits per heavy atom. The predicted octanol–water partition coefficient (Wildman–Crippen LogP) is 1.52. The summed E-state index contributed by atoms with van der Waals surface area (Å²) < 4.78 is 0. The number of nitrogens with zero attached hydrogens (tertiary/aromatic N) is 3. The van der Waals surface area contributed by atoms with Gasteiger partial charge < -0.3 is 10.6 Å². The normalized spacial score (nSPS) is 11.1. The molecule has 6 heteroatoms. The molecule has 0 bridgehead atoms. The van der Waals surface area contributed by atoms with Crippen molar-refractivity contribution in [3.8, 4) is 11.3 Å². The fourth-order valence-corrected chi connectivity index (χ4v) is 1.99. The van der Waals surface area contributed by atoms with Gasteiger partial charge in [0.05, 0.1) is 10.7 Å². The molecule has 0 aliphatic rings. The molecule has 2 heterocycles. The van der Waals surface area contributed by atoms with Crippen molar-refractivity contribution >= 4 is 11.6 Å². The summed E-state index contributed by atoms with van der Waals surface area (Å²) in [5, 5.41) is 7.75. The molecule has 18 heavy (non-hydrogen) atoms. The van der Waals surface area contributed by atoms with Crippen molar-refractivity contribution in [3.05, 3.63) is 35.2 Å². The second kappa shape index (κ2) is 5.95. The third-order valence-corrected chi connectivity index (χ3v) is 2.86. The molecule has 0 radical (unpaired) electrons. The highest BCUT2D eigenvalue weighted by atomic mass is 35.5. The summed E-state index contributed by atoms with van der Waals surface area (Å²) in [5.41, 5.74) is 8.44. The van der Waals surface area contributed by atoms with E-state index in [9.17, 15) is 0 Å². The maximum Gasteiger partial charge on any atom is 0.0981 e. The maximum atomic E-state index is 5.94. The van der Waals surface area contributed by atoms with E-state index >= 15 is 0 Å². The second-order valence-electron chi connectivity index (χ2n) is 4.18. The van der Waals surface area contributed by atoms with E-state index in [4.69, 9.17) is 17.3 Å². The summed E-state index contributed by atoms with van der Waals surface area (Å²) in [6.45, 7) is 2.27. The maximum absolute atomic E-state index is 5.94. The standard InChI is InChI=1S/C12H16ClN5/c1-18(3-2-14)8-10-6-16-17-12(10)9-4-11(13)7-15-5-9/h4-7H,2-3,8,14H2,1H3,(H,16,17). The highest BCUT2D eigenvalue weighted by Gasteiger charge is 2.11. The zero-order valence-corrected chi connectivity index (χ0v) is 11.0. The van der Waals surface area contributed by atoms with Crippen molar-refractivity contribution in [3.63, 3.8) is 0 Å².